The maximum Gasteiger partial charge on any atom is 0.309 e. The average Bonchev–Trinajstić information content (AvgIpc) is 2.76. The highest BCUT2D eigenvalue weighted by atomic mass is 19.1. The summed E-state index contributed by atoms with van der Waals surface area (Å²) in [4.78, 5) is 10.6. The first-order chi connectivity index (χ1) is 8.60. The van der Waals surface area contributed by atoms with Gasteiger partial charge in [-0.25, -0.2) is 9.07 Å². The molecule has 0 aliphatic carbocycles. The van der Waals surface area contributed by atoms with Crippen molar-refractivity contribution < 1.29 is 19.0 Å². The Hall–Kier alpha value is -2.37. The molecule has 0 amide bonds. The van der Waals surface area contributed by atoms with Crippen LogP contribution in [0.15, 0.2) is 30.5 Å². The number of hydrogen-bond donors (Lipinski definition) is 1. The lowest BCUT2D eigenvalue weighted by molar-refractivity contribution is -0.136. The Morgan fingerprint density at radius 2 is 2.28 bits per heavy atom. The Morgan fingerprint density at radius 3 is 2.94 bits per heavy atom. The summed E-state index contributed by atoms with van der Waals surface area (Å²) >= 11 is 0. The van der Waals surface area contributed by atoms with Crippen LogP contribution in [0.25, 0.3) is 5.69 Å². The predicted molar refractivity (Wildman–Crippen MR) is 61.4 cm³/mol. The van der Waals surface area contributed by atoms with Crippen molar-refractivity contribution in [3.8, 4) is 11.4 Å². The number of carboxylic acids is 1. The van der Waals surface area contributed by atoms with Crippen LogP contribution in [0.4, 0.5) is 4.39 Å². The predicted octanol–water partition coefficient (Wildman–Crippen LogP) is 1.65. The lowest BCUT2D eigenvalue weighted by Gasteiger charge is -2.08. The third-order valence-electron chi connectivity index (χ3n) is 2.36. The second-order valence-electron chi connectivity index (χ2n) is 3.64. The molecule has 2 aromatic rings. The van der Waals surface area contributed by atoms with Gasteiger partial charge in [0, 0.05) is 12.3 Å². The molecule has 0 saturated carbocycles. The zero-order valence-corrected chi connectivity index (χ0v) is 9.63. The van der Waals surface area contributed by atoms with Gasteiger partial charge in [-0.15, -0.1) is 0 Å². The number of ether oxygens (including phenoxy) is 1. The van der Waals surface area contributed by atoms with E-state index < -0.39 is 11.8 Å². The van der Waals surface area contributed by atoms with E-state index in [0.29, 0.717) is 17.1 Å². The van der Waals surface area contributed by atoms with E-state index >= 15 is 0 Å². The zero-order chi connectivity index (χ0) is 13.1. The number of carboxylic acid groups (broad SMARTS) is 1. The van der Waals surface area contributed by atoms with Crippen molar-refractivity contribution in [1.29, 1.82) is 0 Å². The monoisotopic (exact) mass is 250 g/mol. The quantitative estimate of drug-likeness (QED) is 0.896. The molecule has 5 nitrogen and oxygen atoms in total. The Balaban J connectivity index is 2.38. The number of halogens is 1. The number of hydrogen-bond acceptors (Lipinski definition) is 3. The van der Waals surface area contributed by atoms with Gasteiger partial charge in [-0.1, -0.05) is 0 Å². The minimum Gasteiger partial charge on any atom is -0.494 e. The van der Waals surface area contributed by atoms with Crippen molar-refractivity contribution in [2.24, 2.45) is 0 Å². The summed E-state index contributed by atoms with van der Waals surface area (Å²) in [5.41, 5.74) is 0.822. The third kappa shape index (κ3) is 2.48. The second-order valence-corrected chi connectivity index (χ2v) is 3.64. The normalized spacial score (nSPS) is 10.3. The molecule has 18 heavy (non-hydrogen) atoms. The van der Waals surface area contributed by atoms with Crippen molar-refractivity contribution in [2.45, 2.75) is 6.42 Å². The summed E-state index contributed by atoms with van der Waals surface area (Å²) in [7, 11) is 1.47. The molecule has 94 valence electrons. The van der Waals surface area contributed by atoms with Gasteiger partial charge in [-0.05, 0) is 18.2 Å². The third-order valence-corrected chi connectivity index (χ3v) is 2.36. The first kappa shape index (κ1) is 12.1. The Bertz CT molecular complexity index is 580. The number of rotatable bonds is 4. The van der Waals surface area contributed by atoms with Crippen LogP contribution >= 0.6 is 0 Å². The van der Waals surface area contributed by atoms with Gasteiger partial charge in [0.1, 0.15) is 17.3 Å². The Kier molecular flexibility index (Phi) is 3.27. The summed E-state index contributed by atoms with van der Waals surface area (Å²) in [5, 5.41) is 12.7. The van der Waals surface area contributed by atoms with Gasteiger partial charge in [-0.2, -0.15) is 5.10 Å². The number of aliphatic carboxylic acids is 1. The van der Waals surface area contributed by atoms with Gasteiger partial charge in [0.15, 0.2) is 0 Å². The van der Waals surface area contributed by atoms with Crippen molar-refractivity contribution >= 4 is 5.97 Å². The van der Waals surface area contributed by atoms with Gasteiger partial charge in [-0.3, -0.25) is 4.79 Å². The summed E-state index contributed by atoms with van der Waals surface area (Å²) < 4.78 is 19.7. The van der Waals surface area contributed by atoms with E-state index in [1.165, 1.54) is 30.0 Å². The fourth-order valence-electron chi connectivity index (χ4n) is 1.59. The first-order valence-corrected chi connectivity index (χ1v) is 5.20. The molecule has 0 radical (unpaired) electrons. The van der Waals surface area contributed by atoms with Crippen LogP contribution in [0.1, 0.15) is 5.69 Å². The standard InChI is InChI=1S/C12H11FN2O3/c1-18-11-3-2-8(13)6-10(11)15-5-4-9(14-15)7-12(16)17/h2-6H,7H2,1H3,(H,16,17). The molecular formula is C12H11FN2O3. The summed E-state index contributed by atoms with van der Waals surface area (Å²) in [6, 6.07) is 5.61. The second kappa shape index (κ2) is 4.87. The van der Waals surface area contributed by atoms with E-state index in [2.05, 4.69) is 5.10 Å². The Morgan fingerprint density at radius 1 is 1.50 bits per heavy atom. The highest BCUT2D eigenvalue weighted by molar-refractivity contribution is 5.69. The fourth-order valence-corrected chi connectivity index (χ4v) is 1.59. The number of nitrogens with zero attached hydrogens (tertiary/aromatic N) is 2. The molecule has 2 rings (SSSR count). The van der Waals surface area contributed by atoms with Gasteiger partial charge in [0.2, 0.25) is 0 Å². The number of carbonyl (C=O) groups is 1. The van der Waals surface area contributed by atoms with Crippen LogP contribution in [0.3, 0.4) is 0 Å². The number of aromatic nitrogens is 2. The largest absolute Gasteiger partial charge is 0.494 e. The average molecular weight is 250 g/mol. The first-order valence-electron chi connectivity index (χ1n) is 5.20. The summed E-state index contributed by atoms with van der Waals surface area (Å²) in [6.07, 6.45) is 1.39. The number of benzene rings is 1. The summed E-state index contributed by atoms with van der Waals surface area (Å²) in [5.74, 6) is -0.922. The van der Waals surface area contributed by atoms with Gasteiger partial charge >= 0.3 is 5.97 Å². The van der Waals surface area contributed by atoms with E-state index in [1.807, 2.05) is 0 Å². The van der Waals surface area contributed by atoms with Crippen LogP contribution in [0.5, 0.6) is 5.75 Å². The van der Waals surface area contributed by atoms with E-state index in [4.69, 9.17) is 9.84 Å². The van der Waals surface area contributed by atoms with Crippen LogP contribution in [0, 0.1) is 5.82 Å². The van der Waals surface area contributed by atoms with Gasteiger partial charge < -0.3 is 9.84 Å². The van der Waals surface area contributed by atoms with Crippen molar-refractivity contribution in [1.82, 2.24) is 9.78 Å². The minimum absolute atomic E-state index is 0.176. The van der Waals surface area contributed by atoms with Crippen LogP contribution in [-0.2, 0) is 11.2 Å². The number of methoxy groups -OCH3 is 1. The van der Waals surface area contributed by atoms with Gasteiger partial charge in [0.25, 0.3) is 0 Å². The maximum atomic E-state index is 13.2. The van der Waals surface area contributed by atoms with Crippen LogP contribution < -0.4 is 4.74 Å². The highest BCUT2D eigenvalue weighted by Crippen LogP contribution is 2.23. The fraction of sp³-hybridized carbons (Fsp3) is 0.167. The van der Waals surface area contributed by atoms with E-state index in [1.54, 1.807) is 12.3 Å². The van der Waals surface area contributed by atoms with Crippen molar-refractivity contribution in [2.75, 3.05) is 7.11 Å². The molecule has 0 unspecified atom stereocenters. The maximum absolute atomic E-state index is 13.2. The zero-order valence-electron chi connectivity index (χ0n) is 9.63. The molecule has 0 fully saturated rings. The van der Waals surface area contributed by atoms with Crippen LogP contribution in [0.2, 0.25) is 0 Å². The summed E-state index contributed by atoms with van der Waals surface area (Å²) in [6.45, 7) is 0. The van der Waals surface area contributed by atoms with Crippen molar-refractivity contribution in [3.63, 3.8) is 0 Å². The molecule has 1 aromatic heterocycles. The Labute approximate surface area is 102 Å². The topological polar surface area (TPSA) is 64.3 Å². The van der Waals surface area contributed by atoms with E-state index in [9.17, 15) is 9.18 Å². The van der Waals surface area contributed by atoms with E-state index in [-0.39, 0.29) is 6.42 Å². The molecule has 0 saturated heterocycles. The molecule has 0 aliphatic rings. The molecule has 1 N–H and O–H groups in total. The minimum atomic E-state index is -0.966. The highest BCUT2D eigenvalue weighted by Gasteiger charge is 2.10. The molecule has 1 aromatic carbocycles. The molecule has 6 heteroatoms. The smallest absolute Gasteiger partial charge is 0.309 e. The molecule has 0 atom stereocenters. The molecule has 0 spiro atoms. The molecule has 0 aliphatic heterocycles. The van der Waals surface area contributed by atoms with Crippen molar-refractivity contribution in [3.05, 3.63) is 42.0 Å². The molecule has 1 heterocycles. The van der Waals surface area contributed by atoms with Crippen LogP contribution in [-0.4, -0.2) is 28.0 Å². The lowest BCUT2D eigenvalue weighted by Crippen LogP contribution is -2.03. The van der Waals surface area contributed by atoms with E-state index in [0.717, 1.165) is 0 Å². The SMILES string of the molecule is COc1ccc(F)cc1-n1ccc(CC(=O)O)n1. The lowest BCUT2D eigenvalue weighted by atomic mass is 10.3. The van der Waals surface area contributed by atoms with Gasteiger partial charge in [0.05, 0.1) is 19.2 Å². The molecular weight excluding hydrogens is 239 g/mol. The molecule has 0 bridgehead atoms.